The quantitative estimate of drug-likeness (QED) is 0.546. The molecule has 23 heavy (non-hydrogen) atoms. The molecule has 0 aromatic carbocycles. The molecule has 0 aromatic rings. The summed E-state index contributed by atoms with van der Waals surface area (Å²) in [6, 6.07) is 0. The lowest BCUT2D eigenvalue weighted by atomic mass is 9.47. The number of carbonyl (C=O) groups excluding carboxylic acids is 2. The summed E-state index contributed by atoms with van der Waals surface area (Å²) in [5, 5.41) is 0.217. The predicted molar refractivity (Wildman–Crippen MR) is 91.1 cm³/mol. The minimum Gasteiger partial charge on any atom is -0.465 e. The summed E-state index contributed by atoms with van der Waals surface area (Å²) >= 11 is 4.92. The van der Waals surface area contributed by atoms with Gasteiger partial charge in [-0.15, -0.1) is 0 Å². The summed E-state index contributed by atoms with van der Waals surface area (Å²) in [6.45, 7) is 4.89. The Labute approximate surface area is 142 Å². The largest absolute Gasteiger partial charge is 0.465 e. The standard InChI is InChI=1S/C19H24O3S/c1-18-6-3-12(20)9-11(18)10-15(23)16-13(18)4-7-19(2)14(16)5-8-22-17(19)21/h3,6,9,13-16,23H,4-5,7-8,10H2,1-2H3/t13-,14-,15+,16+,18-,19-/m0/s1. The monoisotopic (exact) mass is 332 g/mol. The second kappa shape index (κ2) is 4.98. The smallest absolute Gasteiger partial charge is 0.312 e. The average molecular weight is 332 g/mol. The maximum Gasteiger partial charge on any atom is 0.312 e. The van der Waals surface area contributed by atoms with E-state index in [-0.39, 0.29) is 27.8 Å². The van der Waals surface area contributed by atoms with Gasteiger partial charge >= 0.3 is 5.97 Å². The molecule has 3 aliphatic carbocycles. The van der Waals surface area contributed by atoms with Crippen LogP contribution in [0.2, 0.25) is 0 Å². The Morgan fingerprint density at radius 2 is 2.00 bits per heavy atom. The molecule has 4 heteroatoms. The van der Waals surface area contributed by atoms with Crippen LogP contribution in [0.4, 0.5) is 0 Å². The van der Waals surface area contributed by atoms with Crippen LogP contribution in [-0.4, -0.2) is 23.6 Å². The minimum absolute atomic E-state index is 0.0198. The topological polar surface area (TPSA) is 43.4 Å². The second-order valence-electron chi connectivity index (χ2n) is 8.13. The van der Waals surface area contributed by atoms with Crippen molar-refractivity contribution in [2.24, 2.45) is 28.6 Å². The maximum absolute atomic E-state index is 12.4. The lowest BCUT2D eigenvalue weighted by molar-refractivity contribution is -0.178. The van der Waals surface area contributed by atoms with Crippen molar-refractivity contribution in [1.29, 1.82) is 0 Å². The van der Waals surface area contributed by atoms with E-state index in [1.165, 1.54) is 5.57 Å². The summed E-state index contributed by atoms with van der Waals surface area (Å²) in [5.41, 5.74) is 0.820. The van der Waals surface area contributed by atoms with Crippen LogP contribution in [0, 0.1) is 28.6 Å². The summed E-state index contributed by atoms with van der Waals surface area (Å²) < 4.78 is 5.38. The number of allylic oxidation sites excluding steroid dienone is 4. The van der Waals surface area contributed by atoms with Gasteiger partial charge < -0.3 is 4.74 Å². The van der Waals surface area contributed by atoms with Crippen molar-refractivity contribution in [2.75, 3.05) is 6.61 Å². The molecule has 1 aliphatic heterocycles. The molecule has 0 spiro atoms. The normalized spacial score (nSPS) is 48.7. The Morgan fingerprint density at radius 3 is 2.78 bits per heavy atom. The fourth-order valence-electron chi connectivity index (χ4n) is 5.72. The SMILES string of the molecule is C[C@]12C=CC(=O)C=C1C[C@@H](S)[C@@H]1[C@@H]2CC[C@]2(C)C(=O)OCC[C@@H]12. The van der Waals surface area contributed by atoms with Crippen molar-refractivity contribution in [3.63, 3.8) is 0 Å². The van der Waals surface area contributed by atoms with E-state index >= 15 is 0 Å². The van der Waals surface area contributed by atoms with Crippen LogP contribution in [-0.2, 0) is 14.3 Å². The van der Waals surface area contributed by atoms with Crippen LogP contribution in [0.15, 0.2) is 23.8 Å². The molecule has 1 heterocycles. The highest BCUT2D eigenvalue weighted by Crippen LogP contribution is 2.62. The van der Waals surface area contributed by atoms with Gasteiger partial charge in [0.05, 0.1) is 12.0 Å². The van der Waals surface area contributed by atoms with E-state index in [0.29, 0.717) is 24.4 Å². The molecular weight excluding hydrogens is 308 g/mol. The van der Waals surface area contributed by atoms with E-state index in [0.717, 1.165) is 25.7 Å². The molecule has 0 radical (unpaired) electrons. The van der Waals surface area contributed by atoms with E-state index in [4.69, 9.17) is 17.4 Å². The first-order valence-corrected chi connectivity index (χ1v) is 9.17. The first-order chi connectivity index (χ1) is 10.9. The highest BCUT2D eigenvalue weighted by atomic mass is 32.1. The van der Waals surface area contributed by atoms with Crippen LogP contribution in [0.1, 0.15) is 39.5 Å². The van der Waals surface area contributed by atoms with Crippen molar-refractivity contribution < 1.29 is 14.3 Å². The number of cyclic esters (lactones) is 1. The van der Waals surface area contributed by atoms with Gasteiger partial charge in [-0.05, 0) is 62.5 Å². The van der Waals surface area contributed by atoms with Crippen molar-refractivity contribution in [2.45, 2.75) is 44.8 Å². The molecule has 6 atom stereocenters. The highest BCUT2D eigenvalue weighted by Gasteiger charge is 2.60. The Hall–Kier alpha value is -1.03. The summed E-state index contributed by atoms with van der Waals surface area (Å²) in [7, 11) is 0. The van der Waals surface area contributed by atoms with E-state index in [1.807, 2.05) is 6.08 Å². The van der Waals surface area contributed by atoms with Gasteiger partial charge in [0.1, 0.15) is 0 Å². The molecule has 0 aromatic heterocycles. The lowest BCUT2D eigenvalue weighted by Gasteiger charge is -2.59. The first kappa shape index (κ1) is 15.5. The molecule has 3 nitrogen and oxygen atoms in total. The Kier molecular flexibility index (Phi) is 3.36. The molecule has 0 N–H and O–H groups in total. The van der Waals surface area contributed by atoms with Gasteiger partial charge in [-0.1, -0.05) is 18.6 Å². The van der Waals surface area contributed by atoms with E-state index in [1.54, 1.807) is 6.08 Å². The molecule has 0 bridgehead atoms. The summed E-state index contributed by atoms with van der Waals surface area (Å²) in [6.07, 6.45) is 9.33. The zero-order valence-corrected chi connectivity index (χ0v) is 14.6. The zero-order valence-electron chi connectivity index (χ0n) is 13.7. The number of hydrogen-bond acceptors (Lipinski definition) is 4. The number of thiol groups is 1. The fraction of sp³-hybridized carbons (Fsp3) is 0.684. The van der Waals surface area contributed by atoms with Gasteiger partial charge in [0.25, 0.3) is 0 Å². The fourth-order valence-corrected chi connectivity index (χ4v) is 6.33. The predicted octanol–water partition coefficient (Wildman–Crippen LogP) is 3.36. The third-order valence-electron chi connectivity index (χ3n) is 7.10. The number of ketones is 1. The average Bonchev–Trinajstić information content (AvgIpc) is 2.50. The van der Waals surface area contributed by atoms with Crippen molar-refractivity contribution >= 4 is 24.4 Å². The van der Waals surface area contributed by atoms with Gasteiger partial charge in [0.15, 0.2) is 5.78 Å². The summed E-state index contributed by atoms with van der Waals surface area (Å²) in [5.74, 6) is 1.28. The van der Waals surface area contributed by atoms with Gasteiger partial charge in [-0.25, -0.2) is 0 Å². The van der Waals surface area contributed by atoms with E-state index < -0.39 is 0 Å². The minimum atomic E-state index is -0.355. The molecule has 4 rings (SSSR count). The molecular formula is C19H24O3S. The van der Waals surface area contributed by atoms with Crippen molar-refractivity contribution in [3.05, 3.63) is 23.8 Å². The number of fused-ring (bicyclic) bond motifs is 5. The number of esters is 1. The highest BCUT2D eigenvalue weighted by molar-refractivity contribution is 7.81. The second-order valence-corrected chi connectivity index (χ2v) is 8.79. The molecule has 0 amide bonds. The van der Waals surface area contributed by atoms with Gasteiger partial charge in [0.2, 0.25) is 0 Å². The first-order valence-electron chi connectivity index (χ1n) is 8.66. The zero-order chi connectivity index (χ0) is 16.4. The van der Waals surface area contributed by atoms with E-state index in [9.17, 15) is 9.59 Å². The molecule has 2 saturated carbocycles. The van der Waals surface area contributed by atoms with E-state index in [2.05, 4.69) is 19.9 Å². The van der Waals surface area contributed by atoms with Crippen molar-refractivity contribution in [3.8, 4) is 0 Å². The number of hydrogen-bond donors (Lipinski definition) is 1. The van der Waals surface area contributed by atoms with Crippen LogP contribution >= 0.6 is 12.6 Å². The molecule has 3 fully saturated rings. The summed E-state index contributed by atoms with van der Waals surface area (Å²) in [4.78, 5) is 24.2. The third kappa shape index (κ3) is 2.03. The van der Waals surface area contributed by atoms with Gasteiger partial charge in [-0.3, -0.25) is 9.59 Å². The number of ether oxygens (including phenoxy) is 1. The molecule has 0 unspecified atom stereocenters. The van der Waals surface area contributed by atoms with Crippen LogP contribution < -0.4 is 0 Å². The lowest BCUT2D eigenvalue weighted by Crippen LogP contribution is -2.57. The number of carbonyl (C=O) groups is 2. The Morgan fingerprint density at radius 1 is 1.22 bits per heavy atom. The van der Waals surface area contributed by atoms with Crippen LogP contribution in [0.5, 0.6) is 0 Å². The van der Waals surface area contributed by atoms with Gasteiger partial charge in [-0.2, -0.15) is 12.6 Å². The molecule has 124 valence electrons. The Bertz CT molecular complexity index is 637. The van der Waals surface area contributed by atoms with Crippen LogP contribution in [0.25, 0.3) is 0 Å². The molecule has 4 aliphatic rings. The van der Waals surface area contributed by atoms with Crippen molar-refractivity contribution in [1.82, 2.24) is 0 Å². The van der Waals surface area contributed by atoms with Crippen LogP contribution in [0.3, 0.4) is 0 Å². The maximum atomic E-state index is 12.4. The molecule has 1 saturated heterocycles. The van der Waals surface area contributed by atoms with Gasteiger partial charge in [0, 0.05) is 10.7 Å². The number of rotatable bonds is 0. The Balaban J connectivity index is 1.76. The third-order valence-corrected chi connectivity index (χ3v) is 7.62.